The van der Waals surface area contributed by atoms with E-state index in [9.17, 15) is 4.79 Å². The minimum absolute atomic E-state index is 0.185. The molecule has 1 N–H and O–H groups in total. The van der Waals surface area contributed by atoms with Crippen LogP contribution in [0, 0.1) is 0 Å². The molecule has 1 fully saturated rings. The van der Waals surface area contributed by atoms with Crippen LogP contribution in [-0.2, 0) is 11.2 Å². The van der Waals surface area contributed by atoms with E-state index in [0.717, 1.165) is 43.0 Å². The molecule has 7 heteroatoms. The largest absolute Gasteiger partial charge is 0.342 e. The number of hydrogen-bond acceptors (Lipinski definition) is 3. The Labute approximate surface area is 139 Å². The summed E-state index contributed by atoms with van der Waals surface area (Å²) in [4.78, 5) is 24.0. The van der Waals surface area contributed by atoms with Gasteiger partial charge in [0.2, 0.25) is 5.91 Å². The Bertz CT molecular complexity index is 653. The van der Waals surface area contributed by atoms with E-state index in [1.165, 1.54) is 0 Å². The monoisotopic (exact) mass is 340 g/mol. The number of carbonyl (C=O) groups excluding carboxylic acids is 1. The summed E-state index contributed by atoms with van der Waals surface area (Å²) in [5.74, 6) is 0.973. The van der Waals surface area contributed by atoms with Gasteiger partial charge in [-0.15, -0.1) is 0 Å². The van der Waals surface area contributed by atoms with Crippen molar-refractivity contribution in [2.45, 2.75) is 12.8 Å². The zero-order valence-corrected chi connectivity index (χ0v) is 13.9. The van der Waals surface area contributed by atoms with Gasteiger partial charge in [0.25, 0.3) is 0 Å². The summed E-state index contributed by atoms with van der Waals surface area (Å²) >= 11 is 12.0. The van der Waals surface area contributed by atoms with Gasteiger partial charge >= 0.3 is 0 Å². The molecule has 1 saturated heterocycles. The lowest BCUT2D eigenvalue weighted by Gasteiger charge is -2.32. The van der Waals surface area contributed by atoms with Crippen LogP contribution in [-0.4, -0.2) is 58.9 Å². The van der Waals surface area contributed by atoms with Gasteiger partial charge in [0, 0.05) is 39.0 Å². The molecule has 0 saturated carbocycles. The summed E-state index contributed by atoms with van der Waals surface area (Å²) < 4.78 is 0. The zero-order chi connectivity index (χ0) is 15.7. The topological polar surface area (TPSA) is 52.2 Å². The molecule has 1 amide bonds. The number of nitrogens with one attached hydrogen (secondary N) is 1. The van der Waals surface area contributed by atoms with Crippen LogP contribution < -0.4 is 0 Å². The maximum Gasteiger partial charge on any atom is 0.223 e. The smallest absolute Gasteiger partial charge is 0.223 e. The average Bonchev–Trinajstić information content (AvgIpc) is 2.88. The van der Waals surface area contributed by atoms with E-state index >= 15 is 0 Å². The van der Waals surface area contributed by atoms with E-state index < -0.39 is 0 Å². The van der Waals surface area contributed by atoms with Gasteiger partial charge in [-0.2, -0.15) is 0 Å². The number of aromatic amines is 1. The number of nitrogens with zero attached hydrogens (tertiary/aromatic N) is 3. The van der Waals surface area contributed by atoms with Crippen LogP contribution in [0.4, 0.5) is 0 Å². The predicted octanol–water partition coefficient (Wildman–Crippen LogP) is 2.58. The molecule has 1 aromatic heterocycles. The standard InChI is InChI=1S/C15H18Cl2N4O/c1-20-4-6-21(7-5-20)15(22)3-2-14-18-12-8-10(16)11(17)9-13(12)19-14/h8-9H,2-7H2,1H3,(H,18,19). The normalized spacial score (nSPS) is 16.4. The molecule has 0 radical (unpaired) electrons. The summed E-state index contributed by atoms with van der Waals surface area (Å²) in [6.07, 6.45) is 1.06. The third kappa shape index (κ3) is 3.37. The van der Waals surface area contributed by atoms with Gasteiger partial charge in [-0.1, -0.05) is 23.2 Å². The highest BCUT2D eigenvalue weighted by Crippen LogP contribution is 2.26. The van der Waals surface area contributed by atoms with Crippen molar-refractivity contribution in [1.29, 1.82) is 0 Å². The van der Waals surface area contributed by atoms with Crippen LogP contribution in [0.1, 0.15) is 12.2 Å². The van der Waals surface area contributed by atoms with Gasteiger partial charge in [-0.25, -0.2) is 4.98 Å². The van der Waals surface area contributed by atoms with Crippen molar-refractivity contribution in [2.24, 2.45) is 0 Å². The van der Waals surface area contributed by atoms with Crippen molar-refractivity contribution >= 4 is 40.1 Å². The number of carbonyl (C=O) groups is 1. The van der Waals surface area contributed by atoms with E-state index in [1.54, 1.807) is 12.1 Å². The Morgan fingerprint density at radius 1 is 1.23 bits per heavy atom. The van der Waals surface area contributed by atoms with Crippen molar-refractivity contribution in [1.82, 2.24) is 19.8 Å². The molecule has 2 aromatic rings. The number of amides is 1. The molecular weight excluding hydrogens is 323 g/mol. The molecule has 0 bridgehead atoms. The molecule has 3 rings (SSSR count). The first-order valence-corrected chi connectivity index (χ1v) is 8.08. The van der Waals surface area contributed by atoms with Crippen molar-refractivity contribution in [3.63, 3.8) is 0 Å². The molecule has 22 heavy (non-hydrogen) atoms. The van der Waals surface area contributed by atoms with Crippen LogP contribution in [0.25, 0.3) is 11.0 Å². The first-order valence-electron chi connectivity index (χ1n) is 7.33. The highest BCUT2D eigenvalue weighted by molar-refractivity contribution is 6.42. The molecule has 1 aliphatic rings. The van der Waals surface area contributed by atoms with Crippen LogP contribution in [0.5, 0.6) is 0 Å². The molecule has 2 heterocycles. The molecule has 5 nitrogen and oxygen atoms in total. The first-order chi connectivity index (χ1) is 10.5. The average molecular weight is 341 g/mol. The fourth-order valence-corrected chi connectivity index (χ4v) is 2.94. The molecule has 0 spiro atoms. The van der Waals surface area contributed by atoms with E-state index in [4.69, 9.17) is 23.2 Å². The molecular formula is C15H18Cl2N4O. The summed E-state index contributed by atoms with van der Waals surface area (Å²) in [6.45, 7) is 3.49. The Hall–Kier alpha value is -1.30. The Kier molecular flexibility index (Phi) is 4.57. The highest BCUT2D eigenvalue weighted by Gasteiger charge is 2.19. The summed E-state index contributed by atoms with van der Waals surface area (Å²) in [5.41, 5.74) is 1.62. The van der Waals surface area contributed by atoms with Gasteiger partial charge in [0.1, 0.15) is 5.82 Å². The third-order valence-corrected chi connectivity index (χ3v) is 4.73. The second-order valence-electron chi connectivity index (χ2n) is 5.65. The SMILES string of the molecule is CN1CCN(C(=O)CCc2nc3cc(Cl)c(Cl)cc3[nH]2)CC1. The first kappa shape index (κ1) is 15.6. The molecule has 0 atom stereocenters. The van der Waals surface area contributed by atoms with Crippen molar-refractivity contribution < 1.29 is 4.79 Å². The third-order valence-electron chi connectivity index (χ3n) is 4.00. The van der Waals surface area contributed by atoms with E-state index in [-0.39, 0.29) is 5.91 Å². The maximum atomic E-state index is 12.2. The second-order valence-corrected chi connectivity index (χ2v) is 6.47. The number of aryl methyl sites for hydroxylation is 1. The molecule has 118 valence electrons. The van der Waals surface area contributed by atoms with Crippen molar-refractivity contribution in [2.75, 3.05) is 33.2 Å². The fraction of sp³-hybridized carbons (Fsp3) is 0.467. The van der Waals surface area contributed by atoms with Gasteiger partial charge < -0.3 is 14.8 Å². The van der Waals surface area contributed by atoms with Gasteiger partial charge in [-0.3, -0.25) is 4.79 Å². The summed E-state index contributed by atoms with van der Waals surface area (Å²) in [6, 6.07) is 3.50. The van der Waals surface area contributed by atoms with Crippen LogP contribution in [0.3, 0.4) is 0 Å². The highest BCUT2D eigenvalue weighted by atomic mass is 35.5. The minimum atomic E-state index is 0.185. The lowest BCUT2D eigenvalue weighted by atomic mass is 10.2. The van der Waals surface area contributed by atoms with Crippen LogP contribution >= 0.6 is 23.2 Å². The number of imidazole rings is 1. The molecule has 1 aliphatic heterocycles. The number of halogens is 2. The number of aromatic nitrogens is 2. The number of hydrogen-bond donors (Lipinski definition) is 1. The van der Waals surface area contributed by atoms with E-state index in [2.05, 4.69) is 21.9 Å². The van der Waals surface area contributed by atoms with E-state index in [1.807, 2.05) is 4.90 Å². The molecule has 0 unspecified atom stereocenters. The summed E-state index contributed by atoms with van der Waals surface area (Å²) in [7, 11) is 2.08. The maximum absolute atomic E-state index is 12.2. The quantitative estimate of drug-likeness (QED) is 0.934. The number of likely N-dealkylation sites (N-methyl/N-ethyl adjacent to an activating group) is 1. The Balaban J connectivity index is 1.62. The van der Waals surface area contributed by atoms with Crippen LogP contribution in [0.2, 0.25) is 10.0 Å². The Morgan fingerprint density at radius 3 is 2.64 bits per heavy atom. The van der Waals surface area contributed by atoms with E-state index in [0.29, 0.717) is 22.9 Å². The number of rotatable bonds is 3. The number of H-pyrrole nitrogens is 1. The Morgan fingerprint density at radius 2 is 1.91 bits per heavy atom. The fourth-order valence-electron chi connectivity index (χ4n) is 2.62. The van der Waals surface area contributed by atoms with Gasteiger partial charge in [0.05, 0.1) is 21.1 Å². The molecule has 0 aliphatic carbocycles. The summed E-state index contributed by atoms with van der Waals surface area (Å²) in [5, 5.41) is 0.985. The number of benzene rings is 1. The van der Waals surface area contributed by atoms with Gasteiger partial charge in [0.15, 0.2) is 0 Å². The van der Waals surface area contributed by atoms with Crippen molar-refractivity contribution in [3.05, 3.63) is 28.0 Å². The zero-order valence-electron chi connectivity index (χ0n) is 12.4. The van der Waals surface area contributed by atoms with Crippen LogP contribution in [0.15, 0.2) is 12.1 Å². The second kappa shape index (κ2) is 6.44. The number of fused-ring (bicyclic) bond motifs is 1. The molecule has 1 aromatic carbocycles. The lowest BCUT2D eigenvalue weighted by molar-refractivity contribution is -0.132. The predicted molar refractivity (Wildman–Crippen MR) is 88.5 cm³/mol. The minimum Gasteiger partial charge on any atom is -0.342 e. The lowest BCUT2D eigenvalue weighted by Crippen LogP contribution is -2.47. The van der Waals surface area contributed by atoms with Crippen molar-refractivity contribution in [3.8, 4) is 0 Å². The number of piperazine rings is 1. The van der Waals surface area contributed by atoms with Gasteiger partial charge in [-0.05, 0) is 19.2 Å².